The van der Waals surface area contributed by atoms with E-state index in [0.717, 1.165) is 29.3 Å². The SMILES string of the molecule is N#Cc1ncc(N2CN(c3ccccc3-c3ccccc3)C3(CCC3)C2=O)cc1C(F)(F)F. The summed E-state index contributed by atoms with van der Waals surface area (Å²) in [4.78, 5) is 20.6. The Labute approximate surface area is 188 Å². The van der Waals surface area contributed by atoms with Gasteiger partial charge in [0.2, 0.25) is 0 Å². The lowest BCUT2D eigenvalue weighted by atomic mass is 9.75. The van der Waals surface area contributed by atoms with Crippen molar-refractivity contribution < 1.29 is 18.0 Å². The summed E-state index contributed by atoms with van der Waals surface area (Å²) in [6, 6.07) is 19.9. The van der Waals surface area contributed by atoms with Crippen LogP contribution in [0.1, 0.15) is 30.5 Å². The number of carbonyl (C=O) groups excluding carboxylic acids is 1. The van der Waals surface area contributed by atoms with E-state index in [4.69, 9.17) is 5.26 Å². The zero-order valence-electron chi connectivity index (χ0n) is 17.5. The molecule has 1 aliphatic heterocycles. The summed E-state index contributed by atoms with van der Waals surface area (Å²) in [5.41, 5.74) is 0.204. The Morgan fingerprint density at radius 3 is 2.36 bits per heavy atom. The average molecular weight is 448 g/mol. The lowest BCUT2D eigenvalue weighted by Crippen LogP contribution is -2.54. The van der Waals surface area contributed by atoms with Gasteiger partial charge in [-0.3, -0.25) is 9.69 Å². The van der Waals surface area contributed by atoms with Crippen LogP contribution in [0, 0.1) is 11.3 Å². The fourth-order valence-corrected chi connectivity index (χ4v) is 4.69. The van der Waals surface area contributed by atoms with Gasteiger partial charge in [-0.15, -0.1) is 0 Å². The minimum atomic E-state index is -4.75. The summed E-state index contributed by atoms with van der Waals surface area (Å²) in [6.07, 6.45) is -1.46. The van der Waals surface area contributed by atoms with Crippen molar-refractivity contribution in [2.75, 3.05) is 16.5 Å². The van der Waals surface area contributed by atoms with Crippen LogP contribution in [0.4, 0.5) is 24.5 Å². The number of benzene rings is 2. The Hall–Kier alpha value is -3.86. The number of alkyl halides is 3. The first-order valence-electron chi connectivity index (χ1n) is 10.6. The van der Waals surface area contributed by atoms with Crippen LogP contribution in [-0.2, 0) is 11.0 Å². The maximum Gasteiger partial charge on any atom is 0.419 e. The van der Waals surface area contributed by atoms with Crippen LogP contribution in [0.2, 0.25) is 0 Å². The Morgan fingerprint density at radius 1 is 1.03 bits per heavy atom. The highest BCUT2D eigenvalue weighted by molar-refractivity contribution is 6.07. The van der Waals surface area contributed by atoms with Crippen molar-refractivity contribution in [2.45, 2.75) is 31.0 Å². The van der Waals surface area contributed by atoms with Crippen molar-refractivity contribution in [1.82, 2.24) is 4.98 Å². The van der Waals surface area contributed by atoms with Crippen LogP contribution in [0.15, 0.2) is 66.9 Å². The van der Waals surface area contributed by atoms with Gasteiger partial charge >= 0.3 is 6.18 Å². The number of amides is 1. The van der Waals surface area contributed by atoms with E-state index in [1.165, 1.54) is 17.2 Å². The molecule has 166 valence electrons. The third-order valence-corrected chi connectivity index (χ3v) is 6.50. The molecule has 0 unspecified atom stereocenters. The molecule has 0 atom stereocenters. The molecule has 3 aromatic rings. The molecule has 0 N–H and O–H groups in total. The fourth-order valence-electron chi connectivity index (χ4n) is 4.69. The van der Waals surface area contributed by atoms with Crippen molar-refractivity contribution in [2.24, 2.45) is 0 Å². The predicted octanol–water partition coefficient (Wildman–Crippen LogP) is 5.37. The van der Waals surface area contributed by atoms with Gasteiger partial charge in [0, 0.05) is 11.3 Å². The number of nitriles is 1. The zero-order valence-corrected chi connectivity index (χ0v) is 17.5. The number of halogens is 3. The number of anilines is 2. The summed E-state index contributed by atoms with van der Waals surface area (Å²) in [6.45, 7) is 0.105. The second kappa shape index (κ2) is 7.62. The van der Waals surface area contributed by atoms with Crippen LogP contribution >= 0.6 is 0 Å². The Balaban J connectivity index is 1.59. The normalized spacial score (nSPS) is 17.2. The number of rotatable bonds is 3. The Bertz CT molecular complexity index is 1260. The quantitative estimate of drug-likeness (QED) is 0.540. The van der Waals surface area contributed by atoms with E-state index < -0.39 is 23.0 Å². The van der Waals surface area contributed by atoms with Crippen LogP contribution < -0.4 is 9.80 Å². The minimum Gasteiger partial charge on any atom is -0.338 e. The molecule has 0 bridgehead atoms. The van der Waals surface area contributed by atoms with E-state index in [9.17, 15) is 18.0 Å². The van der Waals surface area contributed by atoms with Crippen molar-refractivity contribution in [3.63, 3.8) is 0 Å². The molecule has 1 saturated heterocycles. The summed E-state index contributed by atoms with van der Waals surface area (Å²) >= 11 is 0. The van der Waals surface area contributed by atoms with Crippen molar-refractivity contribution in [3.05, 3.63) is 78.1 Å². The lowest BCUT2D eigenvalue weighted by molar-refractivity contribution is -0.138. The number of hydrogen-bond acceptors (Lipinski definition) is 4. The third-order valence-electron chi connectivity index (χ3n) is 6.50. The molecule has 0 radical (unpaired) electrons. The smallest absolute Gasteiger partial charge is 0.338 e. The predicted molar refractivity (Wildman–Crippen MR) is 117 cm³/mol. The van der Waals surface area contributed by atoms with E-state index in [-0.39, 0.29) is 18.3 Å². The Kier molecular flexibility index (Phi) is 4.85. The third kappa shape index (κ3) is 3.32. The number of hydrogen-bond donors (Lipinski definition) is 0. The molecular formula is C25H19F3N4O. The molecule has 5 nitrogen and oxygen atoms in total. The second-order valence-electron chi connectivity index (χ2n) is 8.27. The lowest BCUT2D eigenvalue weighted by Gasteiger charge is -2.44. The largest absolute Gasteiger partial charge is 0.419 e. The molecule has 1 saturated carbocycles. The highest BCUT2D eigenvalue weighted by Gasteiger charge is 2.57. The first kappa shape index (κ1) is 21.0. The summed E-state index contributed by atoms with van der Waals surface area (Å²) in [5.74, 6) is -0.240. The molecule has 2 aromatic carbocycles. The highest BCUT2D eigenvalue weighted by Crippen LogP contribution is 2.49. The average Bonchev–Trinajstić information content (AvgIpc) is 3.12. The number of nitrogens with zero attached hydrogens (tertiary/aromatic N) is 4. The minimum absolute atomic E-state index is 0.0392. The van der Waals surface area contributed by atoms with E-state index in [0.29, 0.717) is 12.8 Å². The molecule has 1 aromatic heterocycles. The van der Waals surface area contributed by atoms with Crippen molar-refractivity contribution in [1.29, 1.82) is 5.26 Å². The van der Waals surface area contributed by atoms with Crippen LogP contribution in [-0.4, -0.2) is 23.1 Å². The van der Waals surface area contributed by atoms with Gasteiger partial charge in [-0.05, 0) is 37.0 Å². The monoisotopic (exact) mass is 448 g/mol. The van der Waals surface area contributed by atoms with E-state index in [2.05, 4.69) is 4.98 Å². The van der Waals surface area contributed by atoms with Gasteiger partial charge < -0.3 is 4.90 Å². The molecular weight excluding hydrogens is 429 g/mol. The van der Waals surface area contributed by atoms with Gasteiger partial charge in [0.25, 0.3) is 5.91 Å². The summed E-state index contributed by atoms with van der Waals surface area (Å²) < 4.78 is 40.5. The first-order chi connectivity index (χ1) is 15.8. The van der Waals surface area contributed by atoms with Crippen LogP contribution in [0.3, 0.4) is 0 Å². The van der Waals surface area contributed by atoms with E-state index >= 15 is 0 Å². The molecule has 2 aliphatic rings. The fraction of sp³-hybridized carbons (Fsp3) is 0.240. The van der Waals surface area contributed by atoms with Gasteiger partial charge in [-0.25, -0.2) is 4.98 Å². The summed E-state index contributed by atoms with van der Waals surface area (Å²) in [5, 5.41) is 9.05. The molecule has 1 aliphatic carbocycles. The van der Waals surface area contributed by atoms with Gasteiger partial charge in [0.1, 0.15) is 11.6 Å². The zero-order chi connectivity index (χ0) is 23.2. The highest BCUT2D eigenvalue weighted by atomic mass is 19.4. The van der Waals surface area contributed by atoms with E-state index in [1.54, 1.807) is 0 Å². The number of aromatic nitrogens is 1. The maximum absolute atomic E-state index is 13.6. The number of pyridine rings is 1. The second-order valence-corrected chi connectivity index (χ2v) is 8.27. The standard InChI is InChI=1S/C25H19F3N4O/c26-25(27,28)20-13-18(15-30-21(20)14-29)31-16-32(24(23(31)33)11-6-12-24)22-10-5-4-9-19(22)17-7-2-1-3-8-17/h1-5,7-10,13,15H,6,11-12,16H2. The first-order valence-corrected chi connectivity index (χ1v) is 10.6. The van der Waals surface area contributed by atoms with Crippen molar-refractivity contribution >= 4 is 17.3 Å². The van der Waals surface area contributed by atoms with Gasteiger partial charge in [-0.2, -0.15) is 18.4 Å². The molecule has 8 heteroatoms. The molecule has 2 fully saturated rings. The molecule has 1 spiro atoms. The Morgan fingerprint density at radius 2 is 1.73 bits per heavy atom. The molecule has 2 heterocycles. The maximum atomic E-state index is 13.6. The van der Waals surface area contributed by atoms with Crippen molar-refractivity contribution in [3.8, 4) is 17.2 Å². The van der Waals surface area contributed by atoms with Crippen LogP contribution in [0.5, 0.6) is 0 Å². The summed E-state index contributed by atoms with van der Waals surface area (Å²) in [7, 11) is 0. The number of carbonyl (C=O) groups is 1. The van der Waals surface area contributed by atoms with E-state index in [1.807, 2.05) is 59.5 Å². The molecule has 33 heavy (non-hydrogen) atoms. The molecule has 5 rings (SSSR count). The van der Waals surface area contributed by atoms with Gasteiger partial charge in [0.05, 0.1) is 24.1 Å². The van der Waals surface area contributed by atoms with Gasteiger partial charge in [-0.1, -0.05) is 48.5 Å². The topological polar surface area (TPSA) is 60.2 Å². The molecule has 1 amide bonds. The van der Waals surface area contributed by atoms with Gasteiger partial charge in [0.15, 0.2) is 5.69 Å². The van der Waals surface area contributed by atoms with Crippen LogP contribution in [0.25, 0.3) is 11.1 Å². The number of para-hydroxylation sites is 1.